The van der Waals surface area contributed by atoms with Crippen LogP contribution in [0.25, 0.3) is 0 Å². The second kappa shape index (κ2) is 1.70. The number of rotatable bonds is 1. The Morgan fingerprint density at radius 1 is 1.40 bits per heavy atom. The molecule has 0 spiro atoms. The van der Waals surface area contributed by atoms with E-state index in [2.05, 4.69) is 0 Å². The van der Waals surface area contributed by atoms with Gasteiger partial charge in [0.05, 0.1) is 11.5 Å². The van der Waals surface area contributed by atoms with Crippen molar-refractivity contribution in [2.24, 2.45) is 11.8 Å². The summed E-state index contributed by atoms with van der Waals surface area (Å²) in [5, 5.41) is 9.18. The highest BCUT2D eigenvalue weighted by atomic mass is 19.3. The van der Waals surface area contributed by atoms with Crippen molar-refractivity contribution in [1.29, 1.82) is 0 Å². The zero-order valence-electron chi connectivity index (χ0n) is 6.36. The second-order valence-electron chi connectivity index (χ2n) is 3.59. The van der Waals surface area contributed by atoms with Gasteiger partial charge in [0.15, 0.2) is 0 Å². The Morgan fingerprint density at radius 3 is 1.70 bits per heavy atom. The molecule has 1 fully saturated rings. The van der Waals surface area contributed by atoms with Gasteiger partial charge in [0, 0.05) is 5.92 Å². The molecule has 0 aromatic rings. The van der Waals surface area contributed by atoms with Gasteiger partial charge in [-0.15, -0.1) is 0 Å². The maximum absolute atomic E-state index is 12.5. The summed E-state index contributed by atoms with van der Waals surface area (Å²) >= 11 is 0. The summed E-state index contributed by atoms with van der Waals surface area (Å²) in [6.07, 6.45) is 0. The SMILES string of the molecule is C[C@H]1[C@H](C(C)(C)O)C1(F)F. The van der Waals surface area contributed by atoms with Crippen LogP contribution in [0.15, 0.2) is 0 Å². The summed E-state index contributed by atoms with van der Waals surface area (Å²) in [7, 11) is 0. The molecule has 60 valence electrons. The highest BCUT2D eigenvalue weighted by molar-refractivity contribution is 5.09. The maximum Gasteiger partial charge on any atom is 0.257 e. The van der Waals surface area contributed by atoms with Gasteiger partial charge in [0.2, 0.25) is 0 Å². The first kappa shape index (κ1) is 7.92. The summed E-state index contributed by atoms with van der Waals surface area (Å²) in [5.74, 6) is -4.15. The third kappa shape index (κ3) is 0.926. The van der Waals surface area contributed by atoms with Crippen LogP contribution in [-0.2, 0) is 0 Å². The van der Waals surface area contributed by atoms with E-state index in [0.29, 0.717) is 0 Å². The highest BCUT2D eigenvalue weighted by Crippen LogP contribution is 2.59. The van der Waals surface area contributed by atoms with Gasteiger partial charge in [0.1, 0.15) is 0 Å². The molecule has 0 aromatic carbocycles. The minimum atomic E-state index is -2.64. The van der Waals surface area contributed by atoms with Crippen molar-refractivity contribution >= 4 is 0 Å². The van der Waals surface area contributed by atoms with E-state index in [4.69, 9.17) is 0 Å². The van der Waals surface area contributed by atoms with Gasteiger partial charge in [-0.05, 0) is 13.8 Å². The normalized spacial score (nSPS) is 37.8. The molecule has 1 saturated carbocycles. The van der Waals surface area contributed by atoms with Crippen molar-refractivity contribution in [3.63, 3.8) is 0 Å². The molecule has 0 heterocycles. The molecule has 0 aromatic heterocycles. The van der Waals surface area contributed by atoms with Gasteiger partial charge >= 0.3 is 0 Å². The van der Waals surface area contributed by atoms with Gasteiger partial charge < -0.3 is 5.11 Å². The van der Waals surface area contributed by atoms with Crippen molar-refractivity contribution in [2.75, 3.05) is 0 Å². The van der Waals surface area contributed by atoms with E-state index >= 15 is 0 Å². The molecule has 1 aliphatic carbocycles. The number of alkyl halides is 2. The fraction of sp³-hybridized carbons (Fsp3) is 1.00. The predicted molar refractivity (Wildman–Crippen MR) is 33.9 cm³/mol. The Kier molecular flexibility index (Phi) is 1.35. The molecular weight excluding hydrogens is 138 g/mol. The molecule has 2 atom stereocenters. The number of hydrogen-bond donors (Lipinski definition) is 1. The third-order valence-corrected chi connectivity index (χ3v) is 2.17. The van der Waals surface area contributed by atoms with Crippen LogP contribution in [-0.4, -0.2) is 16.6 Å². The maximum atomic E-state index is 12.5. The van der Waals surface area contributed by atoms with Gasteiger partial charge in [-0.2, -0.15) is 0 Å². The third-order valence-electron chi connectivity index (χ3n) is 2.17. The monoisotopic (exact) mass is 150 g/mol. The lowest BCUT2D eigenvalue weighted by atomic mass is 10.0. The van der Waals surface area contributed by atoms with Crippen LogP contribution in [0, 0.1) is 11.8 Å². The topological polar surface area (TPSA) is 20.2 Å². The van der Waals surface area contributed by atoms with Crippen LogP contribution >= 0.6 is 0 Å². The van der Waals surface area contributed by atoms with Crippen LogP contribution in [0.2, 0.25) is 0 Å². The van der Waals surface area contributed by atoms with Crippen molar-refractivity contribution in [3.8, 4) is 0 Å². The van der Waals surface area contributed by atoms with E-state index in [9.17, 15) is 13.9 Å². The lowest BCUT2D eigenvalue weighted by molar-refractivity contribution is -0.00278. The molecule has 1 rings (SSSR count). The Balaban J connectivity index is 2.66. The first-order chi connectivity index (χ1) is 4.28. The first-order valence-corrected chi connectivity index (χ1v) is 3.38. The second-order valence-corrected chi connectivity index (χ2v) is 3.59. The van der Waals surface area contributed by atoms with Gasteiger partial charge in [-0.25, -0.2) is 8.78 Å². The molecular formula is C7H12F2O. The molecule has 0 unspecified atom stereocenters. The quantitative estimate of drug-likeness (QED) is 0.602. The molecule has 0 aliphatic heterocycles. The lowest BCUT2D eigenvalue weighted by Gasteiger charge is -2.15. The number of halogens is 2. The van der Waals surface area contributed by atoms with E-state index in [-0.39, 0.29) is 0 Å². The summed E-state index contributed by atoms with van der Waals surface area (Å²) in [6, 6.07) is 0. The highest BCUT2D eigenvalue weighted by Gasteiger charge is 2.70. The van der Waals surface area contributed by atoms with E-state index < -0.39 is 23.4 Å². The van der Waals surface area contributed by atoms with Crippen molar-refractivity contribution in [2.45, 2.75) is 32.3 Å². The Morgan fingerprint density at radius 2 is 1.70 bits per heavy atom. The lowest BCUT2D eigenvalue weighted by Crippen LogP contribution is -2.25. The predicted octanol–water partition coefficient (Wildman–Crippen LogP) is 1.66. The van der Waals surface area contributed by atoms with Crippen molar-refractivity contribution in [1.82, 2.24) is 0 Å². The molecule has 0 amide bonds. The Hall–Kier alpha value is -0.180. The van der Waals surface area contributed by atoms with Crippen LogP contribution in [0.4, 0.5) is 8.78 Å². The number of aliphatic hydroxyl groups is 1. The van der Waals surface area contributed by atoms with Crippen LogP contribution in [0.1, 0.15) is 20.8 Å². The zero-order valence-corrected chi connectivity index (χ0v) is 6.36. The first-order valence-electron chi connectivity index (χ1n) is 3.38. The van der Waals surface area contributed by atoms with Crippen LogP contribution < -0.4 is 0 Å². The summed E-state index contributed by atoms with van der Waals surface area (Å²) in [5.41, 5.74) is -1.23. The molecule has 1 nitrogen and oxygen atoms in total. The molecule has 0 bridgehead atoms. The minimum Gasteiger partial charge on any atom is -0.390 e. The molecule has 3 heteroatoms. The zero-order chi connectivity index (χ0) is 8.15. The van der Waals surface area contributed by atoms with E-state index in [1.165, 1.54) is 20.8 Å². The fourth-order valence-corrected chi connectivity index (χ4v) is 1.56. The van der Waals surface area contributed by atoms with Crippen LogP contribution in [0.3, 0.4) is 0 Å². The van der Waals surface area contributed by atoms with E-state index in [1.807, 2.05) is 0 Å². The molecule has 10 heavy (non-hydrogen) atoms. The average Bonchev–Trinajstić information content (AvgIpc) is 2.03. The molecule has 1 aliphatic rings. The van der Waals surface area contributed by atoms with Gasteiger partial charge in [-0.3, -0.25) is 0 Å². The fourth-order valence-electron chi connectivity index (χ4n) is 1.56. The summed E-state index contributed by atoms with van der Waals surface area (Å²) in [4.78, 5) is 0. The van der Waals surface area contributed by atoms with Crippen LogP contribution in [0.5, 0.6) is 0 Å². The summed E-state index contributed by atoms with van der Waals surface area (Å²) < 4.78 is 25.1. The van der Waals surface area contributed by atoms with Crippen molar-refractivity contribution in [3.05, 3.63) is 0 Å². The Bertz CT molecular complexity index is 138. The molecule has 0 radical (unpaired) electrons. The van der Waals surface area contributed by atoms with Gasteiger partial charge in [0.25, 0.3) is 5.92 Å². The summed E-state index contributed by atoms with van der Waals surface area (Å²) in [6.45, 7) is 4.31. The average molecular weight is 150 g/mol. The smallest absolute Gasteiger partial charge is 0.257 e. The largest absolute Gasteiger partial charge is 0.390 e. The molecule has 1 N–H and O–H groups in total. The molecule has 0 saturated heterocycles. The Labute approximate surface area is 59.0 Å². The van der Waals surface area contributed by atoms with Crippen molar-refractivity contribution < 1.29 is 13.9 Å². The van der Waals surface area contributed by atoms with E-state index in [0.717, 1.165) is 0 Å². The van der Waals surface area contributed by atoms with E-state index in [1.54, 1.807) is 0 Å². The van der Waals surface area contributed by atoms with Gasteiger partial charge in [-0.1, -0.05) is 6.92 Å². The standard InChI is InChI=1S/C7H12F2O/c1-4-5(6(2,3)10)7(4,8)9/h4-5,10H,1-3H3/t4-,5+/m0/s1. The minimum absolute atomic E-state index is 0.660. The number of hydrogen-bond acceptors (Lipinski definition) is 1.